The number of nitrogens with zero attached hydrogens (tertiary/aromatic N) is 1. The summed E-state index contributed by atoms with van der Waals surface area (Å²) < 4.78 is 0. The number of H-pyrrole nitrogens is 2. The topological polar surface area (TPSA) is 73.6 Å². The van der Waals surface area contributed by atoms with Crippen LogP contribution in [-0.2, 0) is 6.54 Å². The minimum absolute atomic E-state index is 0.192. The van der Waals surface area contributed by atoms with Crippen molar-refractivity contribution in [1.29, 1.82) is 0 Å². The molecule has 0 unspecified atom stereocenters. The number of hydrogen-bond donors (Lipinski definition) is 3. The van der Waals surface area contributed by atoms with Gasteiger partial charge in [-0.05, 0) is 42.0 Å². The van der Waals surface area contributed by atoms with E-state index in [4.69, 9.17) is 11.6 Å². The molecule has 6 heteroatoms. The number of fused-ring (bicyclic) bond motifs is 2. The first-order valence-corrected chi connectivity index (χ1v) is 7.56. The normalized spacial score (nSPS) is 11.2. The highest BCUT2D eigenvalue weighted by atomic mass is 35.5. The fourth-order valence-electron chi connectivity index (χ4n) is 2.66. The van der Waals surface area contributed by atoms with Gasteiger partial charge in [0.25, 0.3) is 0 Å². The Balaban J connectivity index is 1.63. The van der Waals surface area contributed by atoms with E-state index in [1.54, 1.807) is 6.20 Å². The summed E-state index contributed by atoms with van der Waals surface area (Å²) in [6.45, 7) is 0.644. The van der Waals surface area contributed by atoms with Gasteiger partial charge in [0, 0.05) is 28.8 Å². The van der Waals surface area contributed by atoms with E-state index in [1.165, 1.54) is 0 Å². The van der Waals surface area contributed by atoms with Gasteiger partial charge in [-0.25, -0.2) is 4.79 Å². The van der Waals surface area contributed by atoms with Crippen molar-refractivity contribution in [3.8, 4) is 0 Å². The third kappa shape index (κ3) is 2.66. The maximum absolute atomic E-state index is 11.3. The summed E-state index contributed by atoms with van der Waals surface area (Å²) in [5.41, 5.74) is 4.35. The molecule has 0 atom stereocenters. The third-order valence-corrected chi connectivity index (χ3v) is 4.00. The van der Waals surface area contributed by atoms with Gasteiger partial charge in [-0.1, -0.05) is 17.7 Å². The molecule has 0 spiro atoms. The second-order valence-corrected chi connectivity index (χ2v) is 5.77. The second-order valence-electron chi connectivity index (χ2n) is 5.33. The Morgan fingerprint density at radius 3 is 2.83 bits per heavy atom. The van der Waals surface area contributed by atoms with E-state index in [1.807, 2.05) is 42.5 Å². The monoisotopic (exact) mass is 324 g/mol. The molecular formula is C17H13ClN4O. The van der Waals surface area contributed by atoms with Gasteiger partial charge in [0.1, 0.15) is 0 Å². The maximum atomic E-state index is 11.3. The SMILES string of the molecule is O=c1[nH]c2ccc(CNc3ccnc4cc(Cl)ccc34)cc2[nH]1. The van der Waals surface area contributed by atoms with Gasteiger partial charge in [0.05, 0.1) is 16.6 Å². The molecule has 4 aromatic rings. The van der Waals surface area contributed by atoms with Crippen LogP contribution < -0.4 is 11.0 Å². The number of anilines is 1. The molecule has 2 aromatic heterocycles. The van der Waals surface area contributed by atoms with Crippen molar-refractivity contribution in [3.63, 3.8) is 0 Å². The second kappa shape index (κ2) is 5.44. The number of nitrogens with one attached hydrogen (secondary N) is 3. The highest BCUT2D eigenvalue weighted by Gasteiger charge is 2.04. The molecular weight excluding hydrogens is 312 g/mol. The van der Waals surface area contributed by atoms with Gasteiger partial charge >= 0.3 is 5.69 Å². The summed E-state index contributed by atoms with van der Waals surface area (Å²) in [5.74, 6) is 0. The maximum Gasteiger partial charge on any atom is 0.323 e. The molecule has 0 aliphatic heterocycles. The number of aromatic nitrogens is 3. The van der Waals surface area contributed by atoms with Crippen LogP contribution in [0.3, 0.4) is 0 Å². The largest absolute Gasteiger partial charge is 0.380 e. The molecule has 2 aromatic carbocycles. The lowest BCUT2D eigenvalue weighted by atomic mass is 10.1. The average Bonchev–Trinajstić information content (AvgIpc) is 2.91. The Kier molecular flexibility index (Phi) is 3.28. The van der Waals surface area contributed by atoms with E-state index >= 15 is 0 Å². The van der Waals surface area contributed by atoms with Crippen LogP contribution in [0.5, 0.6) is 0 Å². The molecule has 5 nitrogen and oxygen atoms in total. The van der Waals surface area contributed by atoms with Gasteiger partial charge < -0.3 is 15.3 Å². The van der Waals surface area contributed by atoms with E-state index in [0.29, 0.717) is 11.6 Å². The van der Waals surface area contributed by atoms with Crippen LogP contribution in [0.15, 0.2) is 53.5 Å². The van der Waals surface area contributed by atoms with E-state index in [0.717, 1.165) is 33.2 Å². The summed E-state index contributed by atoms with van der Waals surface area (Å²) in [4.78, 5) is 21.1. The van der Waals surface area contributed by atoms with Gasteiger partial charge in [0.2, 0.25) is 0 Å². The van der Waals surface area contributed by atoms with Gasteiger partial charge in [-0.15, -0.1) is 0 Å². The van der Waals surface area contributed by atoms with Gasteiger partial charge in [-0.3, -0.25) is 4.98 Å². The van der Waals surface area contributed by atoms with Crippen LogP contribution in [0.25, 0.3) is 21.9 Å². The molecule has 0 aliphatic rings. The first-order chi connectivity index (χ1) is 11.2. The van der Waals surface area contributed by atoms with Crippen molar-refractivity contribution in [1.82, 2.24) is 15.0 Å². The Hall–Kier alpha value is -2.79. The summed E-state index contributed by atoms with van der Waals surface area (Å²) >= 11 is 6.01. The van der Waals surface area contributed by atoms with Crippen LogP contribution in [0.2, 0.25) is 5.02 Å². The molecule has 0 bridgehead atoms. The van der Waals surface area contributed by atoms with Crippen molar-refractivity contribution in [2.24, 2.45) is 0 Å². The number of imidazole rings is 1. The predicted molar refractivity (Wildman–Crippen MR) is 93.0 cm³/mol. The quantitative estimate of drug-likeness (QED) is 0.538. The highest BCUT2D eigenvalue weighted by molar-refractivity contribution is 6.31. The molecule has 0 fully saturated rings. The van der Waals surface area contributed by atoms with E-state index < -0.39 is 0 Å². The lowest BCUT2D eigenvalue weighted by molar-refractivity contribution is 1.15. The fraction of sp³-hybridized carbons (Fsp3) is 0.0588. The number of benzene rings is 2. The number of aromatic amines is 2. The molecule has 114 valence electrons. The van der Waals surface area contributed by atoms with Crippen LogP contribution in [0, 0.1) is 0 Å². The standard InChI is InChI=1S/C17H13ClN4O/c18-11-2-3-12-13(5-6-19-15(12)8-11)20-9-10-1-4-14-16(7-10)22-17(23)21-14/h1-8H,9H2,(H,19,20)(H2,21,22,23). The first-order valence-electron chi connectivity index (χ1n) is 7.18. The number of rotatable bonds is 3. The molecule has 0 amide bonds. The van der Waals surface area contributed by atoms with Crippen molar-refractivity contribution >= 4 is 39.2 Å². The zero-order chi connectivity index (χ0) is 15.8. The Bertz CT molecular complexity index is 1070. The zero-order valence-electron chi connectivity index (χ0n) is 12.1. The number of hydrogen-bond acceptors (Lipinski definition) is 3. The van der Waals surface area contributed by atoms with Crippen molar-refractivity contribution in [2.75, 3.05) is 5.32 Å². The smallest absolute Gasteiger partial charge is 0.323 e. The van der Waals surface area contributed by atoms with Crippen molar-refractivity contribution < 1.29 is 0 Å². The van der Waals surface area contributed by atoms with Crippen molar-refractivity contribution in [2.45, 2.75) is 6.54 Å². The molecule has 23 heavy (non-hydrogen) atoms. The minimum atomic E-state index is -0.192. The highest BCUT2D eigenvalue weighted by Crippen LogP contribution is 2.25. The Morgan fingerprint density at radius 1 is 1.04 bits per heavy atom. The molecule has 3 N–H and O–H groups in total. The Labute approximate surface area is 136 Å². The minimum Gasteiger partial charge on any atom is -0.380 e. The van der Waals surface area contributed by atoms with Crippen LogP contribution in [-0.4, -0.2) is 15.0 Å². The van der Waals surface area contributed by atoms with Crippen molar-refractivity contribution in [3.05, 3.63) is 69.7 Å². The first kappa shape index (κ1) is 13.8. The molecule has 0 radical (unpaired) electrons. The third-order valence-electron chi connectivity index (χ3n) is 3.77. The zero-order valence-corrected chi connectivity index (χ0v) is 12.8. The van der Waals surface area contributed by atoms with E-state index in [9.17, 15) is 4.79 Å². The summed E-state index contributed by atoms with van der Waals surface area (Å²) in [6.07, 6.45) is 1.76. The van der Waals surface area contributed by atoms with Crippen LogP contribution >= 0.6 is 11.6 Å². The lowest BCUT2D eigenvalue weighted by Crippen LogP contribution is -2.00. The number of halogens is 1. The number of pyridine rings is 1. The average molecular weight is 325 g/mol. The summed E-state index contributed by atoms with van der Waals surface area (Å²) in [5, 5.41) is 5.10. The van der Waals surface area contributed by atoms with Crippen LogP contribution in [0.4, 0.5) is 5.69 Å². The van der Waals surface area contributed by atoms with E-state index in [2.05, 4.69) is 20.3 Å². The molecule has 2 heterocycles. The van der Waals surface area contributed by atoms with Gasteiger partial charge in [-0.2, -0.15) is 0 Å². The lowest BCUT2D eigenvalue weighted by Gasteiger charge is -2.10. The molecule has 0 aliphatic carbocycles. The molecule has 0 saturated heterocycles. The fourth-order valence-corrected chi connectivity index (χ4v) is 2.83. The molecule has 4 rings (SSSR count). The van der Waals surface area contributed by atoms with Crippen LogP contribution in [0.1, 0.15) is 5.56 Å². The molecule has 0 saturated carbocycles. The predicted octanol–water partition coefficient (Wildman–Crippen LogP) is 3.67. The van der Waals surface area contributed by atoms with E-state index in [-0.39, 0.29) is 5.69 Å². The van der Waals surface area contributed by atoms with Gasteiger partial charge in [0.15, 0.2) is 0 Å². The Morgan fingerprint density at radius 2 is 1.91 bits per heavy atom. The summed E-state index contributed by atoms with van der Waals surface area (Å²) in [7, 11) is 0. The summed E-state index contributed by atoms with van der Waals surface area (Å²) in [6, 6.07) is 13.4.